The lowest BCUT2D eigenvalue weighted by Crippen LogP contribution is -2.27. The number of para-hydroxylation sites is 1. The van der Waals surface area contributed by atoms with Gasteiger partial charge >= 0.3 is 6.09 Å². The molecule has 6 nitrogen and oxygen atoms in total. The molecule has 1 aromatic heterocycles. The van der Waals surface area contributed by atoms with Gasteiger partial charge in [-0.05, 0) is 57.7 Å². The molecule has 0 bridgehead atoms. The number of hydrogen-bond acceptors (Lipinski definition) is 5. The molecule has 160 valence electrons. The third kappa shape index (κ3) is 5.19. The van der Waals surface area contributed by atoms with Crippen molar-refractivity contribution >= 4 is 28.9 Å². The van der Waals surface area contributed by atoms with Crippen LogP contribution in [0, 0.1) is 0 Å². The fourth-order valence-electron chi connectivity index (χ4n) is 3.71. The fraction of sp³-hybridized carbons (Fsp3) is 0.417. The molecule has 0 unspecified atom stereocenters. The predicted molar refractivity (Wildman–Crippen MR) is 118 cm³/mol. The van der Waals surface area contributed by atoms with E-state index in [2.05, 4.69) is 5.32 Å². The van der Waals surface area contributed by atoms with Gasteiger partial charge < -0.3 is 15.2 Å². The van der Waals surface area contributed by atoms with Gasteiger partial charge in [0.25, 0.3) is 0 Å². The van der Waals surface area contributed by atoms with Crippen LogP contribution in [0.25, 0.3) is 17.0 Å². The zero-order valence-corrected chi connectivity index (χ0v) is 17.9. The highest BCUT2D eigenvalue weighted by molar-refractivity contribution is 5.96. The second kappa shape index (κ2) is 9.30. The molecule has 3 rings (SSSR count). The Morgan fingerprint density at radius 3 is 2.73 bits per heavy atom. The number of nitrogens with zero attached hydrogens (tertiary/aromatic N) is 1. The average Bonchev–Trinajstić information content (AvgIpc) is 2.99. The van der Waals surface area contributed by atoms with Crippen LogP contribution >= 0.6 is 0 Å². The number of ketones is 1. The van der Waals surface area contributed by atoms with Gasteiger partial charge in [-0.25, -0.2) is 9.36 Å². The Hall–Kier alpha value is -2.86. The molecule has 1 aliphatic carbocycles. The molecule has 0 fully saturated rings. The van der Waals surface area contributed by atoms with E-state index < -0.39 is 11.7 Å². The molecule has 0 saturated heterocycles. The summed E-state index contributed by atoms with van der Waals surface area (Å²) in [5.74, 6) is 0.164. The number of aliphatic hydroxyl groups is 1. The van der Waals surface area contributed by atoms with E-state index in [0.29, 0.717) is 25.1 Å². The van der Waals surface area contributed by atoms with Gasteiger partial charge in [0, 0.05) is 30.1 Å². The van der Waals surface area contributed by atoms with E-state index in [9.17, 15) is 14.7 Å². The Labute approximate surface area is 177 Å². The summed E-state index contributed by atoms with van der Waals surface area (Å²) in [5, 5.41) is 13.7. The highest BCUT2D eigenvalue weighted by atomic mass is 16.6. The highest BCUT2D eigenvalue weighted by Crippen LogP contribution is 2.29. The number of benzene rings is 1. The summed E-state index contributed by atoms with van der Waals surface area (Å²) >= 11 is 0. The van der Waals surface area contributed by atoms with Crippen LogP contribution in [0.3, 0.4) is 0 Å². The van der Waals surface area contributed by atoms with Crippen LogP contribution in [0.1, 0.15) is 51.3 Å². The first-order valence-electron chi connectivity index (χ1n) is 10.4. The topological polar surface area (TPSA) is 80.6 Å². The molecule has 1 aromatic carbocycles. The molecule has 30 heavy (non-hydrogen) atoms. The van der Waals surface area contributed by atoms with Gasteiger partial charge in [-0.1, -0.05) is 24.3 Å². The monoisotopic (exact) mass is 410 g/mol. The minimum atomic E-state index is -0.623. The van der Waals surface area contributed by atoms with Crippen molar-refractivity contribution < 1.29 is 19.4 Å². The summed E-state index contributed by atoms with van der Waals surface area (Å²) in [6, 6.07) is 7.73. The number of aromatic nitrogens is 1. The van der Waals surface area contributed by atoms with Crippen LogP contribution < -0.4 is 5.32 Å². The quantitative estimate of drug-likeness (QED) is 0.746. The van der Waals surface area contributed by atoms with Crippen molar-refractivity contribution in [3.63, 3.8) is 0 Å². The van der Waals surface area contributed by atoms with E-state index in [1.807, 2.05) is 45.0 Å². The summed E-state index contributed by atoms with van der Waals surface area (Å²) < 4.78 is 7.22. The van der Waals surface area contributed by atoms with E-state index in [-0.39, 0.29) is 12.4 Å². The molecule has 0 spiro atoms. The molecular formula is C24H30N2O4. The lowest BCUT2D eigenvalue weighted by molar-refractivity contribution is -0.115. The van der Waals surface area contributed by atoms with Gasteiger partial charge in [0.1, 0.15) is 5.60 Å². The molecule has 0 saturated carbocycles. The van der Waals surface area contributed by atoms with Crippen molar-refractivity contribution in [1.82, 2.24) is 9.88 Å². The number of hydrogen-bond donors (Lipinski definition) is 2. The predicted octanol–water partition coefficient (Wildman–Crippen LogP) is 4.20. The van der Waals surface area contributed by atoms with Gasteiger partial charge in [-0.15, -0.1) is 0 Å². The standard InChI is InChI=1S/C24H30N2O4/c1-24(2,3)30-23(29)26-21-11-5-4-10-19(21)20(22(26)12-7-15-27)13-14-25-17-8-6-9-18(28)16-17/h4-5,7,10-12,16,25,27H,6,8-9,13-15H2,1-3H3/b12-7+. The summed E-state index contributed by atoms with van der Waals surface area (Å²) in [7, 11) is 0. The van der Waals surface area contributed by atoms with Crippen molar-refractivity contribution in [2.24, 2.45) is 0 Å². The molecular weight excluding hydrogens is 380 g/mol. The SMILES string of the molecule is CC(C)(C)OC(=O)n1c(/C=C/CO)c(CCNC2=CC(=O)CCC2)c2ccccc21. The minimum absolute atomic E-state index is 0.122. The maximum Gasteiger partial charge on any atom is 0.419 e. The second-order valence-corrected chi connectivity index (χ2v) is 8.45. The average molecular weight is 411 g/mol. The minimum Gasteiger partial charge on any atom is -0.443 e. The number of carbonyl (C=O) groups excluding carboxylic acids is 2. The maximum atomic E-state index is 13.0. The number of nitrogens with one attached hydrogen (secondary N) is 1. The summed E-state index contributed by atoms with van der Waals surface area (Å²) in [6.45, 7) is 6.03. The van der Waals surface area contributed by atoms with Gasteiger partial charge in [-0.2, -0.15) is 0 Å². The molecule has 1 aliphatic rings. The van der Waals surface area contributed by atoms with E-state index >= 15 is 0 Å². The second-order valence-electron chi connectivity index (χ2n) is 8.45. The number of fused-ring (bicyclic) bond motifs is 1. The van der Waals surface area contributed by atoms with Crippen LogP contribution in [-0.2, 0) is 16.0 Å². The lowest BCUT2D eigenvalue weighted by Gasteiger charge is -2.20. The first kappa shape index (κ1) is 21.8. The Morgan fingerprint density at radius 2 is 2.03 bits per heavy atom. The molecule has 0 atom stereocenters. The zero-order chi connectivity index (χ0) is 21.7. The van der Waals surface area contributed by atoms with Crippen molar-refractivity contribution in [3.8, 4) is 0 Å². The van der Waals surface area contributed by atoms with Crippen LogP contribution in [0.2, 0.25) is 0 Å². The Morgan fingerprint density at radius 1 is 1.27 bits per heavy atom. The number of allylic oxidation sites excluding steroid dienone is 2. The molecule has 2 aromatic rings. The summed E-state index contributed by atoms with van der Waals surface area (Å²) in [6.07, 6.45) is 7.66. The van der Waals surface area contributed by atoms with E-state index in [1.54, 1.807) is 22.8 Å². The van der Waals surface area contributed by atoms with Crippen LogP contribution in [0.4, 0.5) is 4.79 Å². The van der Waals surface area contributed by atoms with E-state index in [1.165, 1.54) is 0 Å². The number of rotatable bonds is 6. The van der Waals surface area contributed by atoms with E-state index in [4.69, 9.17) is 4.74 Å². The Balaban J connectivity index is 1.96. The van der Waals surface area contributed by atoms with Gasteiger partial charge in [0.15, 0.2) is 5.78 Å². The third-order valence-electron chi connectivity index (χ3n) is 4.91. The van der Waals surface area contributed by atoms with Crippen molar-refractivity contribution in [2.75, 3.05) is 13.2 Å². The van der Waals surface area contributed by atoms with Gasteiger partial charge in [0.05, 0.1) is 17.8 Å². The molecule has 0 amide bonds. The van der Waals surface area contributed by atoms with E-state index in [0.717, 1.165) is 35.0 Å². The maximum absolute atomic E-state index is 13.0. The van der Waals surface area contributed by atoms with Crippen LogP contribution in [0.15, 0.2) is 42.1 Å². The Bertz CT molecular complexity index is 993. The zero-order valence-electron chi connectivity index (χ0n) is 17.9. The first-order valence-corrected chi connectivity index (χ1v) is 10.4. The van der Waals surface area contributed by atoms with Gasteiger partial charge in [-0.3, -0.25) is 4.79 Å². The third-order valence-corrected chi connectivity index (χ3v) is 4.91. The number of aliphatic hydroxyl groups excluding tert-OH is 1. The summed E-state index contributed by atoms with van der Waals surface area (Å²) in [5.41, 5.74) is 2.81. The van der Waals surface area contributed by atoms with Crippen molar-refractivity contribution in [1.29, 1.82) is 0 Å². The lowest BCUT2D eigenvalue weighted by atomic mass is 10.0. The first-order chi connectivity index (χ1) is 14.3. The van der Waals surface area contributed by atoms with Crippen molar-refractivity contribution in [3.05, 3.63) is 53.4 Å². The molecule has 2 N–H and O–H groups in total. The largest absolute Gasteiger partial charge is 0.443 e. The molecule has 6 heteroatoms. The van der Waals surface area contributed by atoms with Crippen LogP contribution in [-0.4, -0.2) is 40.3 Å². The summed E-state index contributed by atoms with van der Waals surface area (Å²) in [4.78, 5) is 24.7. The number of carbonyl (C=O) groups is 2. The highest BCUT2D eigenvalue weighted by Gasteiger charge is 2.24. The molecule has 0 radical (unpaired) electrons. The molecule has 1 heterocycles. The molecule has 0 aliphatic heterocycles. The fourth-order valence-corrected chi connectivity index (χ4v) is 3.71. The van der Waals surface area contributed by atoms with Crippen LogP contribution in [0.5, 0.6) is 0 Å². The number of ether oxygens (including phenoxy) is 1. The smallest absolute Gasteiger partial charge is 0.419 e. The Kier molecular flexibility index (Phi) is 6.77. The normalized spacial score (nSPS) is 14.9. The van der Waals surface area contributed by atoms with Crippen molar-refractivity contribution in [2.45, 2.75) is 52.1 Å². The van der Waals surface area contributed by atoms with Gasteiger partial charge in [0.2, 0.25) is 0 Å².